The van der Waals surface area contributed by atoms with Gasteiger partial charge in [-0.25, -0.2) is 13.6 Å². The Morgan fingerprint density at radius 2 is 2.12 bits per heavy atom. The monoisotopic (exact) mass is 322 g/mol. The van der Waals surface area contributed by atoms with E-state index in [1.165, 1.54) is 0 Å². The van der Waals surface area contributed by atoms with E-state index < -0.39 is 15.4 Å². The van der Waals surface area contributed by atoms with E-state index in [9.17, 15) is 8.42 Å². The van der Waals surface area contributed by atoms with Crippen LogP contribution in [-0.4, -0.2) is 25.8 Å². The fourth-order valence-corrected chi connectivity index (χ4v) is 2.85. The van der Waals surface area contributed by atoms with Gasteiger partial charge in [0.1, 0.15) is 5.75 Å². The van der Waals surface area contributed by atoms with Crippen molar-refractivity contribution in [1.82, 2.24) is 4.98 Å². The van der Waals surface area contributed by atoms with Crippen molar-refractivity contribution in [3.8, 4) is 5.75 Å². The van der Waals surface area contributed by atoms with Gasteiger partial charge in [-0.2, -0.15) is 0 Å². The summed E-state index contributed by atoms with van der Waals surface area (Å²) in [5.74, 6) is 0.461. The lowest BCUT2D eigenvalue weighted by atomic mass is 9.98. The summed E-state index contributed by atoms with van der Waals surface area (Å²) >= 11 is 3.27. The number of halogens is 1. The molecule has 0 aliphatic rings. The van der Waals surface area contributed by atoms with Gasteiger partial charge in [0.2, 0.25) is 10.0 Å². The van der Waals surface area contributed by atoms with Crippen molar-refractivity contribution in [2.75, 3.05) is 12.4 Å². The largest absolute Gasteiger partial charge is 0.491 e. The van der Waals surface area contributed by atoms with Crippen LogP contribution in [0.2, 0.25) is 0 Å². The van der Waals surface area contributed by atoms with Crippen molar-refractivity contribution in [2.45, 2.75) is 13.8 Å². The third-order valence-corrected chi connectivity index (χ3v) is 3.52. The molecule has 1 aromatic heterocycles. The van der Waals surface area contributed by atoms with Crippen molar-refractivity contribution >= 4 is 26.0 Å². The number of hydrogen-bond donors (Lipinski definition) is 1. The van der Waals surface area contributed by atoms with E-state index in [2.05, 4.69) is 20.9 Å². The molecule has 0 saturated heterocycles. The zero-order valence-corrected chi connectivity index (χ0v) is 12.1. The fraction of sp³-hybridized carbons (Fsp3) is 0.500. The summed E-state index contributed by atoms with van der Waals surface area (Å²) in [4.78, 5) is 3.94. The highest BCUT2D eigenvalue weighted by Crippen LogP contribution is 2.21. The van der Waals surface area contributed by atoms with Crippen LogP contribution in [0.15, 0.2) is 22.9 Å². The van der Waals surface area contributed by atoms with Crippen molar-refractivity contribution in [1.29, 1.82) is 0 Å². The smallest absolute Gasteiger partial charge is 0.209 e. The van der Waals surface area contributed by atoms with Gasteiger partial charge in [0.25, 0.3) is 0 Å². The lowest BCUT2D eigenvalue weighted by Crippen LogP contribution is -2.33. The van der Waals surface area contributed by atoms with E-state index >= 15 is 0 Å². The van der Waals surface area contributed by atoms with E-state index in [-0.39, 0.29) is 12.4 Å². The first-order valence-corrected chi connectivity index (χ1v) is 7.43. The molecular formula is C10H15BrN2O3S. The predicted octanol–water partition coefficient (Wildman–Crippen LogP) is 1.54. The summed E-state index contributed by atoms with van der Waals surface area (Å²) in [6.07, 6.45) is 3.21. The van der Waals surface area contributed by atoms with E-state index in [1.54, 1.807) is 32.3 Å². The second kappa shape index (κ2) is 5.32. The van der Waals surface area contributed by atoms with Crippen LogP contribution in [0.25, 0.3) is 0 Å². The lowest BCUT2D eigenvalue weighted by Gasteiger charge is -2.23. The van der Waals surface area contributed by atoms with Crippen LogP contribution in [0.3, 0.4) is 0 Å². The molecule has 0 radical (unpaired) electrons. The number of primary sulfonamides is 1. The summed E-state index contributed by atoms with van der Waals surface area (Å²) in [6, 6.07) is 1.76. The molecule has 5 nitrogen and oxygen atoms in total. The Labute approximate surface area is 110 Å². The number of hydrogen-bond acceptors (Lipinski definition) is 4. The molecule has 0 spiro atoms. The van der Waals surface area contributed by atoms with E-state index in [1.807, 2.05) is 0 Å². The average Bonchev–Trinajstić information content (AvgIpc) is 2.11. The van der Waals surface area contributed by atoms with Crippen LogP contribution in [0.1, 0.15) is 13.8 Å². The Kier molecular flexibility index (Phi) is 4.51. The molecule has 2 N–H and O–H groups in total. The first-order chi connectivity index (χ1) is 7.68. The molecule has 0 atom stereocenters. The summed E-state index contributed by atoms with van der Waals surface area (Å²) < 4.78 is 28.3. The zero-order valence-electron chi connectivity index (χ0n) is 9.68. The Hall–Kier alpha value is -0.660. The first kappa shape index (κ1) is 14.4. The van der Waals surface area contributed by atoms with E-state index in [0.29, 0.717) is 5.75 Å². The van der Waals surface area contributed by atoms with Gasteiger partial charge in [0, 0.05) is 16.1 Å². The maximum atomic E-state index is 11.0. The maximum Gasteiger partial charge on any atom is 0.209 e. The van der Waals surface area contributed by atoms with E-state index in [4.69, 9.17) is 9.88 Å². The van der Waals surface area contributed by atoms with Gasteiger partial charge < -0.3 is 4.74 Å². The quantitative estimate of drug-likeness (QED) is 0.891. The summed E-state index contributed by atoms with van der Waals surface area (Å²) in [6.45, 7) is 3.81. The van der Waals surface area contributed by atoms with E-state index in [0.717, 1.165) is 4.47 Å². The Bertz CT molecular complexity index is 488. The molecule has 0 fully saturated rings. The molecule has 0 unspecified atom stereocenters. The molecule has 1 heterocycles. The Balaban J connectivity index is 2.61. The fourth-order valence-electron chi connectivity index (χ4n) is 1.34. The average molecular weight is 323 g/mol. The highest BCUT2D eigenvalue weighted by molar-refractivity contribution is 9.10. The molecule has 0 aliphatic heterocycles. The number of nitrogens with zero attached hydrogens (tertiary/aromatic N) is 1. The van der Waals surface area contributed by atoms with Crippen molar-refractivity contribution in [3.05, 3.63) is 22.9 Å². The highest BCUT2D eigenvalue weighted by Gasteiger charge is 2.25. The summed E-state index contributed by atoms with van der Waals surface area (Å²) in [5, 5.41) is 5.01. The minimum atomic E-state index is -3.50. The van der Waals surface area contributed by atoms with Crippen molar-refractivity contribution in [3.63, 3.8) is 0 Å². The molecule has 1 aromatic rings. The third kappa shape index (κ3) is 5.99. The van der Waals surface area contributed by atoms with Crippen LogP contribution in [0.4, 0.5) is 0 Å². The van der Waals surface area contributed by atoms with Gasteiger partial charge in [0.15, 0.2) is 0 Å². The predicted molar refractivity (Wildman–Crippen MR) is 69.2 cm³/mol. The summed E-state index contributed by atoms with van der Waals surface area (Å²) in [7, 11) is -3.50. The number of nitrogens with two attached hydrogens (primary N) is 1. The van der Waals surface area contributed by atoms with Gasteiger partial charge in [0.05, 0.1) is 18.6 Å². The summed E-state index contributed by atoms with van der Waals surface area (Å²) in [5.41, 5.74) is -0.546. The lowest BCUT2D eigenvalue weighted by molar-refractivity contribution is 0.199. The molecule has 0 aromatic carbocycles. The molecular weight excluding hydrogens is 308 g/mol. The molecule has 96 valence electrons. The van der Waals surface area contributed by atoms with Crippen LogP contribution >= 0.6 is 15.9 Å². The van der Waals surface area contributed by atoms with Crippen LogP contribution in [-0.2, 0) is 10.0 Å². The zero-order chi connectivity index (χ0) is 13.1. The topological polar surface area (TPSA) is 82.3 Å². The number of pyridine rings is 1. The van der Waals surface area contributed by atoms with Crippen LogP contribution < -0.4 is 9.88 Å². The van der Waals surface area contributed by atoms with Gasteiger partial charge in [-0.3, -0.25) is 4.98 Å². The highest BCUT2D eigenvalue weighted by atomic mass is 79.9. The molecule has 0 amide bonds. The Morgan fingerprint density at radius 3 is 2.65 bits per heavy atom. The van der Waals surface area contributed by atoms with Crippen LogP contribution in [0, 0.1) is 5.41 Å². The minimum absolute atomic E-state index is 0.124. The molecule has 0 aliphatic carbocycles. The molecule has 0 bridgehead atoms. The maximum absolute atomic E-state index is 11.0. The van der Waals surface area contributed by atoms with Gasteiger partial charge >= 0.3 is 0 Å². The van der Waals surface area contributed by atoms with Crippen LogP contribution in [0.5, 0.6) is 5.75 Å². The molecule has 0 saturated carbocycles. The Morgan fingerprint density at radius 1 is 1.47 bits per heavy atom. The van der Waals surface area contributed by atoms with Gasteiger partial charge in [-0.05, 0) is 22.0 Å². The first-order valence-electron chi connectivity index (χ1n) is 4.92. The second-order valence-electron chi connectivity index (χ2n) is 4.60. The molecule has 17 heavy (non-hydrogen) atoms. The van der Waals surface area contributed by atoms with Crippen molar-refractivity contribution < 1.29 is 13.2 Å². The van der Waals surface area contributed by atoms with Gasteiger partial charge in [-0.15, -0.1) is 0 Å². The SMILES string of the molecule is CC(C)(COc1cncc(Br)c1)CS(N)(=O)=O. The van der Waals surface area contributed by atoms with Crippen molar-refractivity contribution in [2.24, 2.45) is 10.6 Å². The normalized spacial score (nSPS) is 12.5. The second-order valence-corrected chi connectivity index (χ2v) is 7.13. The van der Waals surface area contributed by atoms with Gasteiger partial charge in [-0.1, -0.05) is 13.8 Å². The number of aromatic nitrogens is 1. The number of sulfonamides is 1. The molecule has 1 rings (SSSR count). The number of rotatable bonds is 5. The molecule has 7 heteroatoms. The third-order valence-electron chi connectivity index (χ3n) is 1.90. The minimum Gasteiger partial charge on any atom is -0.491 e. The standard InChI is InChI=1S/C10H15BrN2O3S/c1-10(2,7-17(12,14)15)6-16-9-3-8(11)4-13-5-9/h3-5H,6-7H2,1-2H3,(H2,12,14,15). The number of ether oxygens (including phenoxy) is 1.